The Morgan fingerprint density at radius 3 is 2.66 bits per heavy atom. The fourth-order valence-corrected chi connectivity index (χ4v) is 5.70. The summed E-state index contributed by atoms with van der Waals surface area (Å²) in [4.78, 5) is 42.0. The molecular weight excluding hydrogens is 447 g/mol. The fourth-order valence-electron chi connectivity index (χ4n) is 5.70. The third-order valence-corrected chi connectivity index (χ3v) is 7.69. The second-order valence-corrected chi connectivity index (χ2v) is 10.0. The normalized spacial score (nSPS) is 21.9. The molecule has 3 heterocycles. The number of H-pyrrole nitrogens is 1. The van der Waals surface area contributed by atoms with Crippen molar-refractivity contribution < 1.29 is 14.0 Å². The molecule has 35 heavy (non-hydrogen) atoms. The van der Waals surface area contributed by atoms with E-state index in [1.54, 1.807) is 29.2 Å². The molecule has 2 unspecified atom stereocenters. The number of amides is 2. The molecule has 6 rings (SSSR count). The number of likely N-dealkylation sites (tertiary alicyclic amines) is 2. The van der Waals surface area contributed by atoms with Crippen LogP contribution in [0.4, 0.5) is 4.39 Å². The number of nitrogens with zero attached hydrogens (tertiary/aromatic N) is 3. The maximum Gasteiger partial charge on any atom is 0.272 e. The molecule has 1 aromatic heterocycles. The van der Waals surface area contributed by atoms with Crippen LogP contribution in [0.5, 0.6) is 0 Å². The minimum atomic E-state index is -0.557. The van der Waals surface area contributed by atoms with Gasteiger partial charge in [-0.25, -0.2) is 9.49 Å². The lowest BCUT2D eigenvalue weighted by molar-refractivity contribution is -0.136. The third kappa shape index (κ3) is 4.00. The second-order valence-electron chi connectivity index (χ2n) is 10.0. The van der Waals surface area contributed by atoms with Crippen LogP contribution < -0.4 is 5.56 Å². The van der Waals surface area contributed by atoms with Gasteiger partial charge in [0.15, 0.2) is 0 Å². The van der Waals surface area contributed by atoms with Crippen molar-refractivity contribution in [2.75, 3.05) is 19.6 Å². The first-order valence-corrected chi connectivity index (χ1v) is 12.3. The number of nitrogens with one attached hydrogen (secondary N) is 1. The molecule has 1 aliphatic carbocycles. The van der Waals surface area contributed by atoms with Crippen molar-refractivity contribution in [3.8, 4) is 0 Å². The van der Waals surface area contributed by atoms with Crippen molar-refractivity contribution in [1.82, 2.24) is 20.0 Å². The molecular formula is C27H27FN4O3. The van der Waals surface area contributed by atoms with Gasteiger partial charge in [-0.3, -0.25) is 14.4 Å². The molecule has 2 aliphatic heterocycles. The number of hydrogen-bond acceptors (Lipinski definition) is 4. The molecule has 2 aromatic carbocycles. The molecule has 0 bridgehead atoms. The number of fused-ring (bicyclic) bond motifs is 2. The maximum atomic E-state index is 14.8. The Balaban J connectivity index is 1.24. The van der Waals surface area contributed by atoms with Gasteiger partial charge in [-0.1, -0.05) is 24.3 Å². The number of aromatic amines is 1. The van der Waals surface area contributed by atoms with Crippen molar-refractivity contribution in [2.24, 2.45) is 11.8 Å². The van der Waals surface area contributed by atoms with E-state index in [-0.39, 0.29) is 40.8 Å². The van der Waals surface area contributed by atoms with Gasteiger partial charge in [-0.2, -0.15) is 5.10 Å². The van der Waals surface area contributed by atoms with Crippen LogP contribution in [0.25, 0.3) is 10.8 Å². The predicted octanol–water partition coefficient (Wildman–Crippen LogP) is 3.13. The zero-order chi connectivity index (χ0) is 24.1. The second kappa shape index (κ2) is 8.59. The zero-order valence-corrected chi connectivity index (χ0v) is 19.4. The summed E-state index contributed by atoms with van der Waals surface area (Å²) >= 11 is 0. The molecule has 3 aliphatic rings. The first-order chi connectivity index (χ1) is 17.0. The number of hydrogen-bond donors (Lipinski definition) is 1. The average Bonchev–Trinajstić information content (AvgIpc) is 3.64. The summed E-state index contributed by atoms with van der Waals surface area (Å²) in [5.41, 5.74) is 1.17. The van der Waals surface area contributed by atoms with Gasteiger partial charge in [0.25, 0.3) is 11.5 Å². The van der Waals surface area contributed by atoms with Crippen LogP contribution in [0.2, 0.25) is 0 Å². The van der Waals surface area contributed by atoms with Gasteiger partial charge >= 0.3 is 0 Å². The molecule has 2 atom stereocenters. The van der Waals surface area contributed by atoms with E-state index in [0.717, 1.165) is 43.2 Å². The van der Waals surface area contributed by atoms with E-state index in [2.05, 4.69) is 10.2 Å². The number of carbonyl (C=O) groups is 2. The van der Waals surface area contributed by atoms with Crippen molar-refractivity contribution >= 4 is 22.6 Å². The van der Waals surface area contributed by atoms with E-state index in [1.807, 2.05) is 17.0 Å². The summed E-state index contributed by atoms with van der Waals surface area (Å²) in [5.74, 6) is -0.262. The molecule has 1 N–H and O–H groups in total. The minimum absolute atomic E-state index is 0.0313. The Labute approximate surface area is 201 Å². The van der Waals surface area contributed by atoms with E-state index in [4.69, 9.17) is 0 Å². The highest BCUT2D eigenvalue weighted by Crippen LogP contribution is 2.37. The molecule has 2 saturated heterocycles. The topological polar surface area (TPSA) is 86.4 Å². The largest absolute Gasteiger partial charge is 0.337 e. The molecule has 0 spiro atoms. The van der Waals surface area contributed by atoms with Crippen molar-refractivity contribution in [3.63, 3.8) is 0 Å². The van der Waals surface area contributed by atoms with Crippen LogP contribution in [0.3, 0.4) is 0 Å². The summed E-state index contributed by atoms with van der Waals surface area (Å²) in [6.07, 6.45) is 4.22. The Hall–Kier alpha value is -3.55. The molecule has 3 aromatic rings. The molecule has 1 saturated carbocycles. The predicted molar refractivity (Wildman–Crippen MR) is 128 cm³/mol. The van der Waals surface area contributed by atoms with Gasteiger partial charge in [0.1, 0.15) is 5.82 Å². The van der Waals surface area contributed by atoms with Crippen molar-refractivity contribution in [3.05, 3.63) is 75.5 Å². The smallest absolute Gasteiger partial charge is 0.272 e. The Morgan fingerprint density at radius 2 is 1.86 bits per heavy atom. The van der Waals surface area contributed by atoms with E-state index < -0.39 is 5.82 Å². The highest BCUT2D eigenvalue weighted by molar-refractivity contribution is 5.95. The van der Waals surface area contributed by atoms with Crippen LogP contribution in [0.1, 0.15) is 47.3 Å². The van der Waals surface area contributed by atoms with Crippen LogP contribution in [0.15, 0.2) is 47.3 Å². The third-order valence-electron chi connectivity index (χ3n) is 7.69. The van der Waals surface area contributed by atoms with Crippen LogP contribution >= 0.6 is 0 Å². The maximum absolute atomic E-state index is 14.8. The highest BCUT2D eigenvalue weighted by atomic mass is 19.1. The van der Waals surface area contributed by atoms with E-state index in [1.165, 1.54) is 6.07 Å². The van der Waals surface area contributed by atoms with Crippen LogP contribution in [0, 0.1) is 17.7 Å². The monoisotopic (exact) mass is 474 g/mol. The molecule has 7 nitrogen and oxygen atoms in total. The van der Waals surface area contributed by atoms with Gasteiger partial charge in [0.05, 0.1) is 22.7 Å². The Kier molecular flexibility index (Phi) is 5.39. The Bertz CT molecular complexity index is 1380. The number of piperidine rings is 1. The number of aromatic nitrogens is 2. The zero-order valence-electron chi connectivity index (χ0n) is 19.4. The van der Waals surface area contributed by atoms with Gasteiger partial charge in [0.2, 0.25) is 5.91 Å². The minimum Gasteiger partial charge on any atom is -0.337 e. The van der Waals surface area contributed by atoms with Crippen LogP contribution in [-0.2, 0) is 11.2 Å². The SMILES string of the molecule is O=C(c1cc(Cc2n[nH]c(=O)c3ccccc23)ccc1F)N1CC2CCCN(C(=O)C3CC3)C2C1. The van der Waals surface area contributed by atoms with Gasteiger partial charge in [-0.05, 0) is 55.4 Å². The van der Waals surface area contributed by atoms with Crippen LogP contribution in [-0.4, -0.2) is 57.5 Å². The number of rotatable bonds is 4. The molecule has 180 valence electrons. The fraction of sp³-hybridized carbons (Fsp3) is 0.407. The number of halogens is 1. The van der Waals surface area contributed by atoms with Crippen molar-refractivity contribution in [1.29, 1.82) is 0 Å². The quantitative estimate of drug-likeness (QED) is 0.630. The lowest BCUT2D eigenvalue weighted by Gasteiger charge is -2.37. The summed E-state index contributed by atoms with van der Waals surface area (Å²) < 4.78 is 14.8. The van der Waals surface area contributed by atoms with Gasteiger partial charge in [-0.15, -0.1) is 0 Å². The number of carbonyl (C=O) groups excluding carboxylic acids is 2. The lowest BCUT2D eigenvalue weighted by atomic mass is 9.92. The summed E-state index contributed by atoms with van der Waals surface area (Å²) in [6.45, 7) is 1.76. The summed E-state index contributed by atoms with van der Waals surface area (Å²) in [7, 11) is 0. The number of benzene rings is 2. The summed E-state index contributed by atoms with van der Waals surface area (Å²) in [5, 5.41) is 8.01. The average molecular weight is 475 g/mol. The Morgan fingerprint density at radius 1 is 1.06 bits per heavy atom. The summed E-state index contributed by atoms with van der Waals surface area (Å²) in [6, 6.07) is 11.8. The van der Waals surface area contributed by atoms with Gasteiger partial charge < -0.3 is 9.80 Å². The lowest BCUT2D eigenvalue weighted by Crippen LogP contribution is -2.49. The van der Waals surface area contributed by atoms with E-state index in [9.17, 15) is 18.8 Å². The standard InChI is InChI=1S/C27H27FN4O3/c28-22-10-7-16(13-23-19-5-1-2-6-20(19)25(33)30-29-23)12-21(22)27(35)31-14-18-4-3-11-32(24(18)15-31)26(34)17-8-9-17/h1-2,5-7,10,12,17-18,24H,3-4,8-9,11,13-15H2,(H,30,33). The molecule has 8 heteroatoms. The first kappa shape index (κ1) is 21.9. The molecule has 2 amide bonds. The first-order valence-electron chi connectivity index (χ1n) is 12.3. The molecule has 3 fully saturated rings. The van der Waals surface area contributed by atoms with E-state index in [0.29, 0.717) is 30.6 Å². The highest BCUT2D eigenvalue weighted by Gasteiger charge is 2.45. The van der Waals surface area contributed by atoms with Crippen molar-refractivity contribution in [2.45, 2.75) is 38.1 Å². The molecule has 0 radical (unpaired) electrons. The van der Waals surface area contributed by atoms with Gasteiger partial charge in [0, 0.05) is 37.4 Å². The van der Waals surface area contributed by atoms with E-state index >= 15 is 0 Å².